The van der Waals surface area contributed by atoms with E-state index in [1.165, 1.54) is 26.0 Å². The second-order valence-corrected chi connectivity index (χ2v) is 8.68. The van der Waals surface area contributed by atoms with Crippen molar-refractivity contribution in [2.24, 2.45) is 17.3 Å². The van der Waals surface area contributed by atoms with Crippen LogP contribution in [-0.4, -0.2) is 23.4 Å². The maximum Gasteiger partial charge on any atom is 0.413 e. The molecule has 3 rings (SSSR count). The third-order valence-corrected chi connectivity index (χ3v) is 6.84. The van der Waals surface area contributed by atoms with E-state index in [1.807, 2.05) is 0 Å². The molecule has 0 amide bonds. The van der Waals surface area contributed by atoms with Crippen LogP contribution in [0.25, 0.3) is 5.57 Å². The van der Waals surface area contributed by atoms with Crippen molar-refractivity contribution >= 4 is 38.8 Å². The molecule has 2 unspecified atom stereocenters. The SMILES string of the molecule is CC1(C)C2C(Br)=C(c3ccc(C(=O)O)s3)C1C(C(F)(F)F)=C2C(F)(F)F. The number of carboxylic acids is 1. The Morgan fingerprint density at radius 2 is 1.58 bits per heavy atom. The summed E-state index contributed by atoms with van der Waals surface area (Å²) in [5.74, 6) is -4.27. The zero-order valence-electron chi connectivity index (χ0n) is 13.2. The van der Waals surface area contributed by atoms with Crippen molar-refractivity contribution in [3.63, 3.8) is 0 Å². The number of allylic oxidation sites excluding steroid dienone is 4. The van der Waals surface area contributed by atoms with E-state index in [0.29, 0.717) is 0 Å². The maximum atomic E-state index is 13.6. The topological polar surface area (TPSA) is 37.3 Å². The number of thiophene rings is 1. The third-order valence-electron chi connectivity index (χ3n) is 4.85. The molecule has 2 aliphatic rings. The van der Waals surface area contributed by atoms with Gasteiger partial charge in [-0.05, 0) is 23.1 Å². The van der Waals surface area contributed by atoms with Crippen molar-refractivity contribution in [2.45, 2.75) is 26.2 Å². The molecule has 0 aliphatic heterocycles. The molecule has 0 saturated heterocycles. The lowest BCUT2D eigenvalue weighted by molar-refractivity contribution is -0.118. The normalized spacial score (nSPS) is 25.4. The molecule has 1 aromatic rings. The van der Waals surface area contributed by atoms with Crippen LogP contribution in [0.3, 0.4) is 0 Å². The predicted molar refractivity (Wildman–Crippen MR) is 87.0 cm³/mol. The first-order valence-electron chi connectivity index (χ1n) is 7.30. The number of rotatable bonds is 2. The summed E-state index contributed by atoms with van der Waals surface area (Å²) in [5, 5.41) is 9.02. The lowest BCUT2D eigenvalue weighted by Crippen LogP contribution is -2.27. The van der Waals surface area contributed by atoms with Gasteiger partial charge in [-0.3, -0.25) is 0 Å². The Balaban J connectivity index is 2.24. The summed E-state index contributed by atoms with van der Waals surface area (Å²) in [6.07, 6.45) is -10.3. The van der Waals surface area contributed by atoms with Gasteiger partial charge in [0.15, 0.2) is 0 Å². The van der Waals surface area contributed by atoms with Crippen molar-refractivity contribution in [1.82, 2.24) is 0 Å². The number of hydrogen-bond donors (Lipinski definition) is 1. The van der Waals surface area contributed by atoms with Crippen LogP contribution in [0, 0.1) is 17.3 Å². The Morgan fingerprint density at radius 3 is 2.00 bits per heavy atom. The number of fused-ring (bicyclic) bond motifs is 2. The van der Waals surface area contributed by atoms with Gasteiger partial charge in [-0.15, -0.1) is 11.3 Å². The number of halogens is 7. The molecule has 2 nitrogen and oxygen atoms in total. The Labute approximate surface area is 156 Å². The molecule has 0 saturated carbocycles. The highest BCUT2D eigenvalue weighted by molar-refractivity contribution is 9.11. The maximum absolute atomic E-state index is 13.6. The molecule has 142 valence electrons. The van der Waals surface area contributed by atoms with Crippen LogP contribution in [0.15, 0.2) is 27.8 Å². The van der Waals surface area contributed by atoms with Crippen LogP contribution in [0.2, 0.25) is 0 Å². The Kier molecular flexibility index (Phi) is 4.20. The lowest BCUT2D eigenvalue weighted by Gasteiger charge is -2.28. The standard InChI is InChI=1S/C16H11BrF6O2S/c1-14(2)8-7(5-3-4-6(26-5)13(24)25)12(17)11(14)10(16(21,22)23)9(8)15(18,19)20/h3-4,8,11H,1-2H3,(H,24,25). The van der Waals surface area contributed by atoms with Gasteiger partial charge in [0, 0.05) is 26.8 Å². The third kappa shape index (κ3) is 2.64. The Morgan fingerprint density at radius 1 is 1.08 bits per heavy atom. The van der Waals surface area contributed by atoms with Crippen LogP contribution in [-0.2, 0) is 0 Å². The minimum atomic E-state index is -5.15. The fourth-order valence-corrected chi connectivity index (χ4v) is 6.30. The zero-order valence-corrected chi connectivity index (χ0v) is 15.6. The van der Waals surface area contributed by atoms with E-state index in [2.05, 4.69) is 15.9 Å². The first-order valence-corrected chi connectivity index (χ1v) is 8.91. The van der Waals surface area contributed by atoms with Crippen LogP contribution < -0.4 is 0 Å². The van der Waals surface area contributed by atoms with E-state index in [4.69, 9.17) is 5.11 Å². The van der Waals surface area contributed by atoms with E-state index in [9.17, 15) is 31.1 Å². The number of aromatic carboxylic acids is 1. The average molecular weight is 461 g/mol. The highest BCUT2D eigenvalue weighted by Gasteiger charge is 2.67. The summed E-state index contributed by atoms with van der Waals surface area (Å²) in [6.45, 7) is 2.74. The van der Waals surface area contributed by atoms with E-state index in [1.54, 1.807) is 0 Å². The van der Waals surface area contributed by atoms with Gasteiger partial charge in [0.1, 0.15) is 4.88 Å². The number of carbonyl (C=O) groups is 1. The van der Waals surface area contributed by atoms with Crippen LogP contribution >= 0.6 is 27.3 Å². The summed E-state index contributed by atoms with van der Waals surface area (Å²) in [5.41, 5.74) is -4.41. The van der Waals surface area contributed by atoms with Gasteiger partial charge >= 0.3 is 18.3 Å². The van der Waals surface area contributed by atoms with Crippen molar-refractivity contribution in [3.8, 4) is 0 Å². The van der Waals surface area contributed by atoms with Crippen molar-refractivity contribution in [2.75, 3.05) is 0 Å². The molecule has 2 bridgehead atoms. The summed E-state index contributed by atoms with van der Waals surface area (Å²) in [7, 11) is 0. The van der Waals surface area contributed by atoms with E-state index < -0.39 is 46.7 Å². The second kappa shape index (κ2) is 5.60. The summed E-state index contributed by atoms with van der Waals surface area (Å²) in [4.78, 5) is 11.2. The number of carboxylic acid groups (broad SMARTS) is 1. The van der Waals surface area contributed by atoms with Crippen molar-refractivity contribution in [3.05, 3.63) is 37.5 Å². The first kappa shape index (κ1) is 19.5. The average Bonchev–Trinajstić information content (AvgIpc) is 3.05. The molecule has 0 aromatic carbocycles. The molecule has 1 N–H and O–H groups in total. The monoisotopic (exact) mass is 460 g/mol. The Hall–Kier alpha value is -1.29. The van der Waals surface area contributed by atoms with Crippen LogP contribution in [0.4, 0.5) is 26.3 Å². The zero-order chi connectivity index (χ0) is 19.8. The van der Waals surface area contributed by atoms with Gasteiger partial charge in [0.25, 0.3) is 0 Å². The van der Waals surface area contributed by atoms with E-state index in [0.717, 1.165) is 11.3 Å². The van der Waals surface area contributed by atoms with Crippen molar-refractivity contribution in [1.29, 1.82) is 0 Å². The van der Waals surface area contributed by atoms with E-state index in [-0.39, 0.29) is 19.8 Å². The first-order chi connectivity index (χ1) is 11.7. The van der Waals surface area contributed by atoms with Gasteiger partial charge in [0.2, 0.25) is 0 Å². The minimum Gasteiger partial charge on any atom is -0.477 e. The van der Waals surface area contributed by atoms with Gasteiger partial charge in [-0.2, -0.15) is 26.3 Å². The minimum absolute atomic E-state index is 0.0339. The Bertz CT molecular complexity index is 859. The van der Waals surface area contributed by atoms with Gasteiger partial charge in [-0.1, -0.05) is 29.8 Å². The smallest absolute Gasteiger partial charge is 0.413 e. The molecule has 10 heteroatoms. The molecular formula is C16H11BrF6O2S. The molecule has 0 fully saturated rings. The lowest BCUT2D eigenvalue weighted by atomic mass is 9.75. The fraction of sp³-hybridized carbons (Fsp3) is 0.438. The van der Waals surface area contributed by atoms with Gasteiger partial charge < -0.3 is 5.11 Å². The molecule has 26 heavy (non-hydrogen) atoms. The second-order valence-electron chi connectivity index (χ2n) is 6.74. The summed E-state index contributed by atoms with van der Waals surface area (Å²) in [6, 6.07) is 2.57. The van der Waals surface area contributed by atoms with E-state index >= 15 is 0 Å². The highest BCUT2D eigenvalue weighted by Crippen LogP contribution is 2.71. The van der Waals surface area contributed by atoms with Gasteiger partial charge in [0.05, 0.1) is 5.57 Å². The van der Waals surface area contributed by atoms with Crippen LogP contribution in [0.1, 0.15) is 28.4 Å². The number of alkyl halides is 6. The molecule has 0 spiro atoms. The quantitative estimate of drug-likeness (QED) is 0.417. The largest absolute Gasteiger partial charge is 0.477 e. The van der Waals surface area contributed by atoms with Crippen LogP contribution in [0.5, 0.6) is 0 Å². The predicted octanol–water partition coefficient (Wildman–Crippen LogP) is 6.26. The number of hydrogen-bond acceptors (Lipinski definition) is 2. The highest BCUT2D eigenvalue weighted by atomic mass is 79.9. The van der Waals surface area contributed by atoms with Crippen molar-refractivity contribution < 1.29 is 36.2 Å². The molecule has 2 aliphatic carbocycles. The molecule has 2 atom stereocenters. The van der Waals surface area contributed by atoms with Gasteiger partial charge in [-0.25, -0.2) is 4.79 Å². The fourth-order valence-electron chi connectivity index (χ4n) is 3.98. The molecular weight excluding hydrogens is 450 g/mol. The summed E-state index contributed by atoms with van der Waals surface area (Å²) < 4.78 is 81.3. The molecule has 1 aromatic heterocycles. The molecule has 1 heterocycles. The molecule has 0 radical (unpaired) electrons. The summed E-state index contributed by atoms with van der Waals surface area (Å²) >= 11 is 3.83.